The Bertz CT molecular complexity index is 258. The summed E-state index contributed by atoms with van der Waals surface area (Å²) in [7, 11) is 0. The highest BCUT2D eigenvalue weighted by Gasteiger charge is 2.43. The molecule has 0 aromatic rings. The molecule has 2 atom stereocenters. The van der Waals surface area contributed by atoms with Crippen LogP contribution in [0, 0.1) is 16.7 Å². The molecule has 0 heterocycles. The van der Waals surface area contributed by atoms with Crippen LogP contribution >= 0.6 is 0 Å². The molecule has 0 aromatic carbocycles. The fourth-order valence-electron chi connectivity index (χ4n) is 3.63. The van der Waals surface area contributed by atoms with Crippen molar-refractivity contribution in [3.05, 3.63) is 0 Å². The Kier molecular flexibility index (Phi) is 3.84. The minimum atomic E-state index is 0.465. The Morgan fingerprint density at radius 1 is 1.24 bits per heavy atom. The molecule has 0 bridgehead atoms. The van der Waals surface area contributed by atoms with Crippen molar-refractivity contribution in [1.82, 2.24) is 0 Å². The van der Waals surface area contributed by atoms with E-state index in [2.05, 4.69) is 20.8 Å². The van der Waals surface area contributed by atoms with E-state index >= 15 is 0 Å². The second-order valence-electron chi connectivity index (χ2n) is 7.39. The number of hydrogen-bond acceptors (Lipinski definition) is 2. The molecule has 2 aliphatic rings. The topological polar surface area (TPSA) is 35.2 Å². The van der Waals surface area contributed by atoms with Crippen molar-refractivity contribution in [3.63, 3.8) is 0 Å². The number of ether oxygens (including phenoxy) is 1. The average molecular weight is 239 g/mol. The van der Waals surface area contributed by atoms with Crippen LogP contribution in [0.5, 0.6) is 0 Å². The second kappa shape index (κ2) is 4.89. The molecule has 0 saturated heterocycles. The minimum Gasteiger partial charge on any atom is -0.378 e. The fourth-order valence-corrected chi connectivity index (χ4v) is 3.63. The highest BCUT2D eigenvalue weighted by Crippen LogP contribution is 2.49. The fraction of sp³-hybridized carbons (Fsp3) is 1.00. The zero-order valence-electron chi connectivity index (χ0n) is 11.8. The van der Waals surface area contributed by atoms with Gasteiger partial charge in [0, 0.05) is 0 Å². The summed E-state index contributed by atoms with van der Waals surface area (Å²) in [6, 6.07) is 0. The van der Waals surface area contributed by atoms with Crippen LogP contribution in [-0.4, -0.2) is 19.3 Å². The lowest BCUT2D eigenvalue weighted by Gasteiger charge is -2.39. The third-order valence-electron chi connectivity index (χ3n) is 4.60. The molecule has 2 heteroatoms. The number of nitrogens with two attached hydrogens (primary N) is 1. The maximum Gasteiger partial charge on any atom is 0.0583 e. The van der Waals surface area contributed by atoms with Crippen LogP contribution in [-0.2, 0) is 4.74 Å². The Morgan fingerprint density at radius 3 is 2.47 bits per heavy atom. The summed E-state index contributed by atoms with van der Waals surface area (Å²) in [5, 5.41) is 0. The van der Waals surface area contributed by atoms with Gasteiger partial charge >= 0.3 is 0 Å². The van der Waals surface area contributed by atoms with E-state index in [4.69, 9.17) is 10.5 Å². The maximum absolute atomic E-state index is 6.21. The zero-order valence-corrected chi connectivity index (χ0v) is 11.8. The summed E-state index contributed by atoms with van der Waals surface area (Å²) in [6.07, 6.45) is 8.13. The lowest BCUT2D eigenvalue weighted by Crippen LogP contribution is -2.34. The van der Waals surface area contributed by atoms with Gasteiger partial charge in [-0.25, -0.2) is 0 Å². The Balaban J connectivity index is 1.79. The molecule has 2 fully saturated rings. The molecule has 2 unspecified atom stereocenters. The van der Waals surface area contributed by atoms with Crippen LogP contribution in [0.15, 0.2) is 0 Å². The van der Waals surface area contributed by atoms with Gasteiger partial charge in [0.05, 0.1) is 12.7 Å². The maximum atomic E-state index is 6.21. The molecule has 0 spiro atoms. The first-order chi connectivity index (χ1) is 7.95. The van der Waals surface area contributed by atoms with E-state index in [1.807, 2.05) is 0 Å². The van der Waals surface area contributed by atoms with E-state index < -0.39 is 0 Å². The molecule has 2 rings (SSSR count). The second-order valence-corrected chi connectivity index (χ2v) is 7.39. The average Bonchev–Trinajstić information content (AvgIpc) is 2.93. The molecule has 2 aliphatic carbocycles. The zero-order chi connectivity index (χ0) is 12.5. The molecule has 0 radical (unpaired) electrons. The van der Waals surface area contributed by atoms with Crippen molar-refractivity contribution in [2.24, 2.45) is 22.5 Å². The van der Waals surface area contributed by atoms with Crippen LogP contribution in [0.4, 0.5) is 0 Å². The summed E-state index contributed by atoms with van der Waals surface area (Å²) in [6.45, 7) is 8.90. The molecule has 100 valence electrons. The van der Waals surface area contributed by atoms with Crippen molar-refractivity contribution in [2.75, 3.05) is 13.2 Å². The van der Waals surface area contributed by atoms with E-state index in [0.717, 1.165) is 25.5 Å². The third-order valence-corrected chi connectivity index (χ3v) is 4.60. The molecule has 2 N–H and O–H groups in total. The summed E-state index contributed by atoms with van der Waals surface area (Å²) >= 11 is 0. The smallest absolute Gasteiger partial charge is 0.0583 e. The van der Waals surface area contributed by atoms with Crippen LogP contribution < -0.4 is 5.73 Å². The van der Waals surface area contributed by atoms with E-state index in [0.29, 0.717) is 16.9 Å². The van der Waals surface area contributed by atoms with Crippen LogP contribution in [0.1, 0.15) is 59.3 Å². The monoisotopic (exact) mass is 239 g/mol. The Hall–Kier alpha value is -0.0800. The predicted octanol–water partition coefficient (Wildman–Crippen LogP) is 3.35. The first kappa shape index (κ1) is 13.4. The van der Waals surface area contributed by atoms with Crippen LogP contribution in [0.3, 0.4) is 0 Å². The van der Waals surface area contributed by atoms with Crippen molar-refractivity contribution in [1.29, 1.82) is 0 Å². The summed E-state index contributed by atoms with van der Waals surface area (Å²) in [4.78, 5) is 0. The molecular formula is C15H29NO. The quantitative estimate of drug-likeness (QED) is 0.798. The van der Waals surface area contributed by atoms with Gasteiger partial charge in [0.1, 0.15) is 0 Å². The molecule has 2 nitrogen and oxygen atoms in total. The van der Waals surface area contributed by atoms with Crippen molar-refractivity contribution < 1.29 is 4.74 Å². The highest BCUT2D eigenvalue weighted by atomic mass is 16.5. The number of rotatable bonds is 5. The molecular weight excluding hydrogens is 210 g/mol. The number of hydrogen-bond donors (Lipinski definition) is 1. The standard InChI is InChI=1S/C15H29NO/c1-12-8-13(10-14(2,3)9-12)17-11-15(4-5-15)6-7-16/h12-13H,4-11,16H2,1-3H3. The van der Waals surface area contributed by atoms with Crippen LogP contribution in [0.2, 0.25) is 0 Å². The molecule has 17 heavy (non-hydrogen) atoms. The normalized spacial score (nSPS) is 34.6. The van der Waals surface area contributed by atoms with E-state index in [1.165, 1.54) is 32.1 Å². The Morgan fingerprint density at radius 2 is 1.94 bits per heavy atom. The van der Waals surface area contributed by atoms with E-state index in [9.17, 15) is 0 Å². The van der Waals surface area contributed by atoms with Gasteiger partial charge in [-0.3, -0.25) is 0 Å². The summed E-state index contributed by atoms with van der Waals surface area (Å²) < 4.78 is 6.21. The first-order valence-corrected chi connectivity index (χ1v) is 7.26. The molecule has 0 aromatic heterocycles. The lowest BCUT2D eigenvalue weighted by atomic mass is 9.71. The van der Waals surface area contributed by atoms with Gasteiger partial charge in [0.2, 0.25) is 0 Å². The van der Waals surface area contributed by atoms with Gasteiger partial charge in [-0.2, -0.15) is 0 Å². The van der Waals surface area contributed by atoms with Gasteiger partial charge in [-0.15, -0.1) is 0 Å². The summed E-state index contributed by atoms with van der Waals surface area (Å²) in [5.74, 6) is 0.813. The first-order valence-electron chi connectivity index (χ1n) is 7.26. The highest BCUT2D eigenvalue weighted by molar-refractivity contribution is 4.94. The van der Waals surface area contributed by atoms with E-state index in [-0.39, 0.29) is 0 Å². The molecule has 2 saturated carbocycles. The van der Waals surface area contributed by atoms with Gasteiger partial charge in [-0.05, 0) is 61.8 Å². The summed E-state index contributed by atoms with van der Waals surface area (Å²) in [5.41, 5.74) is 6.61. The van der Waals surface area contributed by atoms with Crippen molar-refractivity contribution >= 4 is 0 Å². The van der Waals surface area contributed by atoms with Gasteiger partial charge in [-0.1, -0.05) is 20.8 Å². The lowest BCUT2D eigenvalue weighted by molar-refractivity contribution is -0.0412. The van der Waals surface area contributed by atoms with Crippen molar-refractivity contribution in [2.45, 2.75) is 65.4 Å². The van der Waals surface area contributed by atoms with Crippen LogP contribution in [0.25, 0.3) is 0 Å². The minimum absolute atomic E-state index is 0.465. The van der Waals surface area contributed by atoms with E-state index in [1.54, 1.807) is 0 Å². The predicted molar refractivity (Wildman–Crippen MR) is 71.9 cm³/mol. The van der Waals surface area contributed by atoms with Gasteiger partial charge in [0.15, 0.2) is 0 Å². The van der Waals surface area contributed by atoms with Gasteiger partial charge in [0.25, 0.3) is 0 Å². The third kappa shape index (κ3) is 3.69. The Labute approximate surface area is 106 Å². The van der Waals surface area contributed by atoms with Crippen molar-refractivity contribution in [3.8, 4) is 0 Å². The largest absolute Gasteiger partial charge is 0.378 e. The van der Waals surface area contributed by atoms with Gasteiger partial charge < -0.3 is 10.5 Å². The SMILES string of the molecule is CC1CC(OCC2(CCN)CC2)CC(C)(C)C1. The molecule has 0 aliphatic heterocycles. The molecule has 0 amide bonds.